The minimum atomic E-state index is -0.835. The highest BCUT2D eigenvalue weighted by Gasteiger charge is 2.34. The summed E-state index contributed by atoms with van der Waals surface area (Å²) in [5.74, 6) is 0.333. The molecule has 0 amide bonds. The van der Waals surface area contributed by atoms with Crippen LogP contribution in [0.1, 0.15) is 51.8 Å². The summed E-state index contributed by atoms with van der Waals surface area (Å²) in [6.07, 6.45) is 1.79. The van der Waals surface area contributed by atoms with Crippen molar-refractivity contribution in [2.75, 3.05) is 20.3 Å². The highest BCUT2D eigenvalue weighted by atomic mass is 32.1. The van der Waals surface area contributed by atoms with Gasteiger partial charge in [-0.05, 0) is 61.2 Å². The van der Waals surface area contributed by atoms with E-state index in [1.807, 2.05) is 45.0 Å². The van der Waals surface area contributed by atoms with Crippen LogP contribution in [0.25, 0.3) is 6.08 Å². The number of carbonyl (C=O) groups excluding carboxylic acids is 2. The fraction of sp³-hybridized carbons (Fsp3) is 0.333. The predicted octanol–water partition coefficient (Wildman–Crippen LogP) is 3.77. The number of thiazole rings is 1. The lowest BCUT2D eigenvalue weighted by molar-refractivity contribution is -0.140. The van der Waals surface area contributed by atoms with Crippen molar-refractivity contribution >= 4 is 29.4 Å². The number of benzene rings is 2. The van der Waals surface area contributed by atoms with E-state index in [1.54, 1.807) is 31.2 Å². The van der Waals surface area contributed by atoms with Crippen molar-refractivity contribution in [2.24, 2.45) is 10.9 Å². The van der Waals surface area contributed by atoms with E-state index in [9.17, 15) is 14.4 Å². The van der Waals surface area contributed by atoms with Gasteiger partial charge in [0, 0.05) is 6.92 Å². The standard InChI is InChI=1S/C30H32N2O7S/c1-7-37-22-11-8-20(9-12-22)14-25-28(34)32-27(21-10-13-23(39-19(5)33)24(15-21)36-6)26(18(4)31-30(32)40-25)29(35)38-16-17(2)3/h8-15,17,27H,7,16H2,1-6H3/b25-14+/t27-/m1/s1. The first kappa shape index (κ1) is 28.8. The number of rotatable bonds is 9. The highest BCUT2D eigenvalue weighted by molar-refractivity contribution is 7.07. The molecule has 0 aliphatic carbocycles. The van der Waals surface area contributed by atoms with Crippen LogP contribution < -0.4 is 29.1 Å². The Labute approximate surface area is 236 Å². The topological polar surface area (TPSA) is 105 Å². The quantitative estimate of drug-likeness (QED) is 0.288. The number of ether oxygens (including phenoxy) is 4. The molecule has 10 heteroatoms. The van der Waals surface area contributed by atoms with Gasteiger partial charge in [0.1, 0.15) is 5.75 Å². The maximum absolute atomic E-state index is 13.9. The van der Waals surface area contributed by atoms with Gasteiger partial charge in [-0.2, -0.15) is 0 Å². The summed E-state index contributed by atoms with van der Waals surface area (Å²) in [5, 5.41) is 0. The van der Waals surface area contributed by atoms with Gasteiger partial charge in [-0.15, -0.1) is 0 Å². The molecule has 1 aliphatic rings. The summed E-state index contributed by atoms with van der Waals surface area (Å²) < 4.78 is 23.8. The van der Waals surface area contributed by atoms with Gasteiger partial charge in [-0.1, -0.05) is 43.4 Å². The number of hydrogen-bond donors (Lipinski definition) is 0. The minimum absolute atomic E-state index is 0.127. The molecular weight excluding hydrogens is 532 g/mol. The van der Waals surface area contributed by atoms with E-state index in [4.69, 9.17) is 18.9 Å². The van der Waals surface area contributed by atoms with E-state index in [0.717, 1.165) is 11.3 Å². The fourth-order valence-electron chi connectivity index (χ4n) is 4.29. The first-order valence-corrected chi connectivity index (χ1v) is 13.7. The number of fused-ring (bicyclic) bond motifs is 1. The van der Waals surface area contributed by atoms with Gasteiger partial charge in [-0.3, -0.25) is 14.2 Å². The Hall–Kier alpha value is -4.18. The van der Waals surface area contributed by atoms with Crippen molar-refractivity contribution in [3.8, 4) is 17.2 Å². The van der Waals surface area contributed by atoms with Crippen LogP contribution in [0.2, 0.25) is 0 Å². The molecule has 2 heterocycles. The molecular formula is C30H32N2O7S. The molecule has 0 saturated heterocycles. The van der Waals surface area contributed by atoms with Crippen molar-refractivity contribution in [1.29, 1.82) is 0 Å². The van der Waals surface area contributed by atoms with Crippen LogP contribution in [-0.2, 0) is 14.3 Å². The van der Waals surface area contributed by atoms with Crippen LogP contribution in [0.5, 0.6) is 17.2 Å². The maximum Gasteiger partial charge on any atom is 0.338 e. The van der Waals surface area contributed by atoms with E-state index < -0.39 is 18.0 Å². The molecule has 210 valence electrons. The van der Waals surface area contributed by atoms with Crippen LogP contribution in [0.4, 0.5) is 0 Å². The van der Waals surface area contributed by atoms with Gasteiger partial charge in [-0.25, -0.2) is 9.79 Å². The Bertz CT molecular complexity index is 1630. The molecule has 40 heavy (non-hydrogen) atoms. The lowest BCUT2D eigenvalue weighted by atomic mass is 9.95. The average molecular weight is 565 g/mol. The second-order valence-corrected chi connectivity index (χ2v) is 10.6. The smallest absolute Gasteiger partial charge is 0.338 e. The normalized spacial score (nSPS) is 15.0. The number of nitrogens with zero attached hydrogens (tertiary/aromatic N) is 2. The third-order valence-corrected chi connectivity index (χ3v) is 7.02. The molecule has 4 rings (SSSR count). The summed E-state index contributed by atoms with van der Waals surface area (Å²) >= 11 is 1.24. The molecule has 1 aromatic heterocycles. The molecule has 0 saturated carbocycles. The van der Waals surface area contributed by atoms with Crippen LogP contribution in [0.3, 0.4) is 0 Å². The lowest BCUT2D eigenvalue weighted by Gasteiger charge is -2.25. The third-order valence-electron chi connectivity index (χ3n) is 6.04. The molecule has 9 nitrogen and oxygen atoms in total. The first-order valence-electron chi connectivity index (χ1n) is 12.9. The number of hydrogen-bond acceptors (Lipinski definition) is 9. The highest BCUT2D eigenvalue weighted by Crippen LogP contribution is 2.36. The summed E-state index contributed by atoms with van der Waals surface area (Å²) in [6, 6.07) is 11.5. The van der Waals surface area contributed by atoms with Crippen molar-refractivity contribution < 1.29 is 28.5 Å². The summed E-state index contributed by atoms with van der Waals surface area (Å²) in [5.41, 5.74) is 1.81. The van der Waals surface area contributed by atoms with Crippen molar-refractivity contribution in [3.63, 3.8) is 0 Å². The van der Waals surface area contributed by atoms with Gasteiger partial charge < -0.3 is 18.9 Å². The summed E-state index contributed by atoms with van der Waals surface area (Å²) in [4.78, 5) is 43.9. The van der Waals surface area contributed by atoms with Gasteiger partial charge in [0.15, 0.2) is 16.3 Å². The second-order valence-electron chi connectivity index (χ2n) is 9.58. The Morgan fingerprint density at radius 3 is 2.48 bits per heavy atom. The zero-order chi connectivity index (χ0) is 29.0. The van der Waals surface area contributed by atoms with Crippen molar-refractivity contribution in [3.05, 3.63) is 84.5 Å². The van der Waals surface area contributed by atoms with E-state index in [-0.39, 0.29) is 35.2 Å². The van der Waals surface area contributed by atoms with Gasteiger partial charge in [0.25, 0.3) is 5.56 Å². The molecule has 0 radical (unpaired) electrons. The number of allylic oxidation sites excluding steroid dienone is 1. The predicted molar refractivity (Wildman–Crippen MR) is 151 cm³/mol. The number of aromatic nitrogens is 1. The number of carbonyl (C=O) groups is 2. The van der Waals surface area contributed by atoms with E-state index in [1.165, 1.54) is 29.9 Å². The molecule has 0 unspecified atom stereocenters. The van der Waals surface area contributed by atoms with Crippen molar-refractivity contribution in [1.82, 2.24) is 4.57 Å². The van der Waals surface area contributed by atoms with Gasteiger partial charge in [0.2, 0.25) is 0 Å². The number of esters is 2. The average Bonchev–Trinajstić information content (AvgIpc) is 3.21. The monoisotopic (exact) mass is 564 g/mol. The Balaban J connectivity index is 1.88. The molecule has 0 bridgehead atoms. The molecule has 0 spiro atoms. The van der Waals surface area contributed by atoms with Crippen LogP contribution in [-0.4, -0.2) is 36.8 Å². The first-order chi connectivity index (χ1) is 19.1. The zero-order valence-corrected chi connectivity index (χ0v) is 24.2. The molecule has 3 aromatic rings. The molecule has 1 aliphatic heterocycles. The zero-order valence-electron chi connectivity index (χ0n) is 23.3. The minimum Gasteiger partial charge on any atom is -0.494 e. The summed E-state index contributed by atoms with van der Waals surface area (Å²) in [7, 11) is 1.45. The number of methoxy groups -OCH3 is 1. The van der Waals surface area contributed by atoms with Crippen LogP contribution >= 0.6 is 11.3 Å². The summed E-state index contributed by atoms with van der Waals surface area (Å²) in [6.45, 7) is 9.61. The van der Waals surface area contributed by atoms with E-state index in [2.05, 4.69) is 4.99 Å². The maximum atomic E-state index is 13.9. The Morgan fingerprint density at radius 1 is 1.12 bits per heavy atom. The van der Waals surface area contributed by atoms with E-state index >= 15 is 0 Å². The molecule has 1 atom stereocenters. The van der Waals surface area contributed by atoms with Gasteiger partial charge >= 0.3 is 11.9 Å². The van der Waals surface area contributed by atoms with Crippen LogP contribution in [0.15, 0.2) is 63.5 Å². The lowest BCUT2D eigenvalue weighted by Crippen LogP contribution is -2.40. The van der Waals surface area contributed by atoms with Crippen LogP contribution in [0, 0.1) is 5.92 Å². The fourth-order valence-corrected chi connectivity index (χ4v) is 5.34. The Morgan fingerprint density at radius 2 is 1.85 bits per heavy atom. The van der Waals surface area contributed by atoms with Gasteiger partial charge in [0.05, 0.1) is 42.2 Å². The molecule has 0 fully saturated rings. The third kappa shape index (κ3) is 6.17. The van der Waals surface area contributed by atoms with E-state index in [0.29, 0.717) is 27.2 Å². The second kappa shape index (κ2) is 12.3. The molecule has 0 N–H and O–H groups in total. The van der Waals surface area contributed by atoms with Crippen molar-refractivity contribution in [2.45, 2.75) is 40.7 Å². The molecule has 2 aromatic carbocycles. The largest absolute Gasteiger partial charge is 0.494 e. The SMILES string of the molecule is CCOc1ccc(/C=c2/sc3n(c2=O)[C@H](c2ccc(OC(C)=O)c(OC)c2)C(C(=O)OCC(C)C)=C(C)N=3)cc1. The Kier molecular flexibility index (Phi) is 8.89.